The fourth-order valence-corrected chi connectivity index (χ4v) is 4.45. The molecule has 1 atom stereocenters. The quantitative estimate of drug-likeness (QED) is 0.423. The summed E-state index contributed by atoms with van der Waals surface area (Å²) in [6, 6.07) is 6.56. The summed E-state index contributed by atoms with van der Waals surface area (Å²) in [5, 5.41) is 4.71. The topological polar surface area (TPSA) is 97.9 Å². The van der Waals surface area contributed by atoms with Crippen LogP contribution in [-0.4, -0.2) is 66.4 Å². The Morgan fingerprint density at radius 2 is 1.92 bits per heavy atom. The van der Waals surface area contributed by atoms with Crippen LogP contribution in [0.5, 0.6) is 0 Å². The van der Waals surface area contributed by atoms with Crippen LogP contribution in [0.1, 0.15) is 27.7 Å². The van der Waals surface area contributed by atoms with E-state index in [-0.39, 0.29) is 23.5 Å². The second-order valence-electron chi connectivity index (χ2n) is 10.1. The molecule has 5 rings (SSSR count). The van der Waals surface area contributed by atoms with Gasteiger partial charge in [-0.2, -0.15) is 10.1 Å². The number of aryl methyl sites for hydroxylation is 1. The van der Waals surface area contributed by atoms with Gasteiger partial charge in [0, 0.05) is 56.1 Å². The largest absolute Gasteiger partial charge is 0.444 e. The molecule has 1 unspecified atom stereocenters. The van der Waals surface area contributed by atoms with Crippen molar-refractivity contribution in [1.29, 1.82) is 0 Å². The van der Waals surface area contributed by atoms with Crippen molar-refractivity contribution >= 4 is 28.3 Å². The summed E-state index contributed by atoms with van der Waals surface area (Å²) in [4.78, 5) is 37.9. The highest BCUT2D eigenvalue weighted by Gasteiger charge is 2.31. The molecule has 0 spiro atoms. The summed E-state index contributed by atoms with van der Waals surface area (Å²) in [5.74, 6) is -0.348. The van der Waals surface area contributed by atoms with Gasteiger partial charge in [0.1, 0.15) is 16.8 Å². The lowest BCUT2D eigenvalue weighted by Crippen LogP contribution is -2.55. The second kappa shape index (κ2) is 8.58. The number of piperazine rings is 1. The molecule has 1 fully saturated rings. The van der Waals surface area contributed by atoms with Gasteiger partial charge >= 0.3 is 11.8 Å². The van der Waals surface area contributed by atoms with E-state index in [2.05, 4.69) is 20.0 Å². The highest BCUT2D eigenvalue weighted by molar-refractivity contribution is 5.83. The zero-order valence-electron chi connectivity index (χ0n) is 20.9. The first-order chi connectivity index (χ1) is 17.0. The van der Waals surface area contributed by atoms with E-state index < -0.39 is 17.1 Å². The Bertz CT molecular complexity index is 1540. The van der Waals surface area contributed by atoms with Gasteiger partial charge in [-0.05, 0) is 52.0 Å². The highest BCUT2D eigenvalue weighted by Crippen LogP contribution is 2.25. The van der Waals surface area contributed by atoms with Crippen molar-refractivity contribution in [3.05, 3.63) is 53.0 Å². The number of ether oxygens (including phenoxy) is 1. The Balaban J connectivity index is 1.41. The van der Waals surface area contributed by atoms with Gasteiger partial charge in [-0.15, -0.1) is 0 Å². The van der Waals surface area contributed by atoms with E-state index in [1.54, 1.807) is 36.5 Å². The molecule has 1 saturated heterocycles. The molecule has 188 valence electrons. The third-order valence-corrected chi connectivity index (χ3v) is 6.09. The van der Waals surface area contributed by atoms with Crippen LogP contribution in [0.4, 0.5) is 14.9 Å². The molecule has 0 bridgehead atoms. The second-order valence-corrected chi connectivity index (χ2v) is 10.1. The smallest absolute Gasteiger partial charge is 0.410 e. The molecule has 4 heterocycles. The molecule has 10 nitrogen and oxygen atoms in total. The highest BCUT2D eigenvalue weighted by atomic mass is 19.1. The van der Waals surface area contributed by atoms with Crippen molar-refractivity contribution in [1.82, 2.24) is 29.0 Å². The van der Waals surface area contributed by atoms with E-state index >= 15 is 0 Å². The van der Waals surface area contributed by atoms with Crippen molar-refractivity contribution in [2.24, 2.45) is 7.05 Å². The molecule has 1 aliphatic heterocycles. The molecule has 0 N–H and O–H groups in total. The fourth-order valence-electron chi connectivity index (χ4n) is 4.45. The van der Waals surface area contributed by atoms with Crippen molar-refractivity contribution in [3.63, 3.8) is 0 Å². The van der Waals surface area contributed by atoms with Gasteiger partial charge in [0.2, 0.25) is 0 Å². The summed E-state index contributed by atoms with van der Waals surface area (Å²) in [6.07, 6.45) is 3.07. The van der Waals surface area contributed by atoms with Crippen molar-refractivity contribution in [3.8, 4) is 11.4 Å². The van der Waals surface area contributed by atoms with Crippen molar-refractivity contribution in [2.75, 3.05) is 24.5 Å². The maximum Gasteiger partial charge on any atom is 0.410 e. The molecule has 4 aromatic rings. The molecule has 36 heavy (non-hydrogen) atoms. The van der Waals surface area contributed by atoms with E-state index in [1.165, 1.54) is 15.1 Å². The number of pyridine rings is 1. The maximum atomic E-state index is 14.6. The van der Waals surface area contributed by atoms with E-state index in [4.69, 9.17) is 4.74 Å². The van der Waals surface area contributed by atoms with Crippen LogP contribution in [0.3, 0.4) is 0 Å². The zero-order valence-corrected chi connectivity index (χ0v) is 20.9. The fraction of sp³-hybridized carbons (Fsp3) is 0.400. The molecule has 11 heteroatoms. The average molecular weight is 494 g/mol. The van der Waals surface area contributed by atoms with Crippen LogP contribution in [0.15, 0.2) is 41.5 Å². The first-order valence-corrected chi connectivity index (χ1v) is 11.8. The Morgan fingerprint density at radius 3 is 2.64 bits per heavy atom. The summed E-state index contributed by atoms with van der Waals surface area (Å²) in [7, 11) is 1.72. The average Bonchev–Trinajstić information content (AvgIpc) is 3.18. The van der Waals surface area contributed by atoms with E-state index in [0.717, 1.165) is 5.69 Å². The normalized spacial score (nSPS) is 16.7. The van der Waals surface area contributed by atoms with Gasteiger partial charge in [-0.25, -0.2) is 23.4 Å². The first-order valence-electron chi connectivity index (χ1n) is 11.8. The number of nitrogens with zero attached hydrogens (tertiary/aromatic N) is 7. The maximum absolute atomic E-state index is 14.6. The summed E-state index contributed by atoms with van der Waals surface area (Å²) in [5.41, 5.74) is 0.819. The zero-order chi connectivity index (χ0) is 25.8. The van der Waals surface area contributed by atoms with E-state index in [1.807, 2.05) is 33.8 Å². The van der Waals surface area contributed by atoms with Gasteiger partial charge in [0.05, 0.1) is 5.69 Å². The van der Waals surface area contributed by atoms with Crippen molar-refractivity contribution < 1.29 is 13.9 Å². The Morgan fingerprint density at radius 1 is 1.14 bits per heavy atom. The van der Waals surface area contributed by atoms with Crippen LogP contribution < -0.4 is 10.6 Å². The number of anilines is 1. The van der Waals surface area contributed by atoms with Gasteiger partial charge in [-0.3, -0.25) is 4.68 Å². The van der Waals surface area contributed by atoms with Gasteiger partial charge in [0.25, 0.3) is 0 Å². The number of fused-ring (bicyclic) bond motifs is 2. The summed E-state index contributed by atoms with van der Waals surface area (Å²) >= 11 is 0. The monoisotopic (exact) mass is 493 g/mol. The van der Waals surface area contributed by atoms with Gasteiger partial charge in [-0.1, -0.05) is 0 Å². The lowest BCUT2D eigenvalue weighted by molar-refractivity contribution is 0.0159. The molecule has 0 radical (unpaired) electrons. The van der Waals surface area contributed by atoms with Crippen LogP contribution in [0.2, 0.25) is 0 Å². The van der Waals surface area contributed by atoms with E-state index in [0.29, 0.717) is 36.2 Å². The molecule has 0 aliphatic carbocycles. The third kappa shape index (κ3) is 4.48. The predicted octanol–water partition coefficient (Wildman–Crippen LogP) is 3.23. The van der Waals surface area contributed by atoms with Crippen LogP contribution in [0.25, 0.3) is 27.9 Å². The molecule has 3 aromatic heterocycles. The van der Waals surface area contributed by atoms with Gasteiger partial charge in [0.15, 0.2) is 11.6 Å². The van der Waals surface area contributed by atoms with Crippen molar-refractivity contribution in [2.45, 2.75) is 39.3 Å². The molecule has 0 saturated carbocycles. The van der Waals surface area contributed by atoms with Crippen LogP contribution >= 0.6 is 0 Å². The number of carbonyl (C=O) groups is 1. The number of aromatic nitrogens is 5. The number of amides is 1. The number of hydrogen-bond donors (Lipinski definition) is 0. The number of halogens is 1. The standard InChI is InChI=1S/C25H28FN7O3/c1-15-12-31(8-9-32(15)24(35)36-25(2,3)4)18-6-7-20-27-22(28-23(34)33(20)14-18)16-10-17-13-30(5)29-21(17)19(26)11-16/h6-7,10-11,13-15H,8-9,12H2,1-5H3. The molecular formula is C25H28FN7O3. The Hall–Kier alpha value is -4.02. The first kappa shape index (κ1) is 23.7. The molecule has 1 aromatic carbocycles. The number of hydrogen-bond acceptors (Lipinski definition) is 7. The number of rotatable bonds is 2. The van der Waals surface area contributed by atoms with Gasteiger partial charge < -0.3 is 14.5 Å². The number of benzene rings is 1. The lowest BCUT2D eigenvalue weighted by atomic mass is 10.1. The molecule has 1 aliphatic rings. The third-order valence-electron chi connectivity index (χ3n) is 6.09. The molecular weight excluding hydrogens is 465 g/mol. The van der Waals surface area contributed by atoms with Crippen LogP contribution in [0, 0.1) is 5.82 Å². The summed E-state index contributed by atoms with van der Waals surface area (Å²) < 4.78 is 23.0. The summed E-state index contributed by atoms with van der Waals surface area (Å²) in [6.45, 7) is 9.19. The SMILES string of the molecule is CC1CN(c2ccc3nc(-c4cc(F)c5nn(C)cc5c4)nc(=O)n3c2)CCN1C(=O)OC(C)(C)C. The Labute approximate surface area is 206 Å². The van der Waals surface area contributed by atoms with E-state index in [9.17, 15) is 14.0 Å². The van der Waals surface area contributed by atoms with Crippen LogP contribution in [-0.2, 0) is 11.8 Å². The lowest BCUT2D eigenvalue weighted by Gasteiger charge is -2.41. The Kier molecular flexibility index (Phi) is 5.65. The molecule has 1 amide bonds. The minimum absolute atomic E-state index is 0.0723. The number of carbonyl (C=O) groups excluding carboxylic acids is 1. The minimum atomic E-state index is -0.554. The predicted molar refractivity (Wildman–Crippen MR) is 134 cm³/mol. The minimum Gasteiger partial charge on any atom is -0.444 e.